The van der Waals surface area contributed by atoms with Gasteiger partial charge in [-0.05, 0) is 79.9 Å². The van der Waals surface area contributed by atoms with Crippen molar-refractivity contribution in [2.75, 3.05) is 20.3 Å². The lowest BCUT2D eigenvalue weighted by atomic mass is 9.81. The number of phosphoric ester groups is 1. The SMILES string of the molecule is COCCC/C=C/[C@@H]1CCc2cc([C@H]3CC[C@](N)(COP(=O)(O)O)C3)ccc2C1. The van der Waals surface area contributed by atoms with Crippen molar-refractivity contribution in [2.45, 2.75) is 62.8 Å². The Morgan fingerprint density at radius 1 is 1.31 bits per heavy atom. The van der Waals surface area contributed by atoms with E-state index in [-0.39, 0.29) is 6.61 Å². The van der Waals surface area contributed by atoms with Gasteiger partial charge in [0.2, 0.25) is 0 Å². The highest BCUT2D eigenvalue weighted by molar-refractivity contribution is 7.46. The van der Waals surface area contributed by atoms with Crippen LogP contribution in [0.15, 0.2) is 30.4 Å². The number of ether oxygens (including phenoxy) is 1. The van der Waals surface area contributed by atoms with Gasteiger partial charge in [-0.2, -0.15) is 0 Å². The number of nitrogens with two attached hydrogens (primary N) is 1. The summed E-state index contributed by atoms with van der Waals surface area (Å²) in [5.74, 6) is 0.938. The van der Waals surface area contributed by atoms with Crippen molar-refractivity contribution in [1.29, 1.82) is 0 Å². The molecule has 0 aromatic heterocycles. The highest BCUT2D eigenvalue weighted by atomic mass is 31.2. The van der Waals surface area contributed by atoms with Crippen LogP contribution in [0, 0.1) is 5.92 Å². The van der Waals surface area contributed by atoms with E-state index >= 15 is 0 Å². The van der Waals surface area contributed by atoms with Crippen LogP contribution in [0.1, 0.15) is 61.1 Å². The van der Waals surface area contributed by atoms with Crippen LogP contribution in [-0.4, -0.2) is 35.6 Å². The summed E-state index contributed by atoms with van der Waals surface area (Å²) in [4.78, 5) is 17.9. The molecule has 6 nitrogen and oxygen atoms in total. The first-order valence-corrected chi connectivity index (χ1v) is 12.1. The third-order valence-corrected chi connectivity index (χ3v) is 6.73. The topological polar surface area (TPSA) is 102 Å². The summed E-state index contributed by atoms with van der Waals surface area (Å²) in [6.45, 7) is 0.717. The van der Waals surface area contributed by atoms with E-state index in [0.717, 1.165) is 38.7 Å². The third kappa shape index (κ3) is 6.74. The minimum atomic E-state index is -4.48. The standard InChI is InChI=1S/C22H34NO5P/c1-27-12-4-2-3-5-17-6-7-19-14-20(9-8-18(19)13-17)21-10-11-22(23,15-21)16-28-29(24,25)26/h3,5,8-9,14,17,21H,2,4,6-7,10-13,15-16,23H2,1H3,(H2,24,25,26)/b5-3+/t17-,21+,22-/m1/s1. The second-order valence-electron chi connectivity index (χ2n) is 8.66. The molecular formula is C22H34NO5P. The zero-order chi connectivity index (χ0) is 20.9. The summed E-state index contributed by atoms with van der Waals surface area (Å²) in [7, 11) is -2.74. The Hall–Kier alpha value is -1.01. The number of aryl methyl sites for hydroxylation is 1. The van der Waals surface area contributed by atoms with Crippen LogP contribution in [0.5, 0.6) is 0 Å². The first kappa shape index (κ1) is 22.7. The highest BCUT2D eigenvalue weighted by Gasteiger charge is 2.38. The molecule has 0 amide bonds. The van der Waals surface area contributed by atoms with E-state index in [4.69, 9.17) is 20.3 Å². The van der Waals surface area contributed by atoms with Crippen molar-refractivity contribution in [1.82, 2.24) is 0 Å². The predicted molar refractivity (Wildman–Crippen MR) is 114 cm³/mol. The molecule has 2 aliphatic carbocycles. The van der Waals surface area contributed by atoms with Crippen LogP contribution in [-0.2, 0) is 26.7 Å². The minimum Gasteiger partial charge on any atom is -0.385 e. The molecule has 1 saturated carbocycles. The fraction of sp³-hybridized carbons (Fsp3) is 0.636. The second kappa shape index (κ2) is 9.86. The van der Waals surface area contributed by atoms with Gasteiger partial charge in [0.1, 0.15) is 0 Å². The number of rotatable bonds is 9. The number of fused-ring (bicyclic) bond motifs is 1. The largest absolute Gasteiger partial charge is 0.469 e. The average molecular weight is 423 g/mol. The Morgan fingerprint density at radius 2 is 2.14 bits per heavy atom. The van der Waals surface area contributed by atoms with Crippen molar-refractivity contribution >= 4 is 7.82 Å². The molecule has 1 aromatic rings. The fourth-order valence-electron chi connectivity index (χ4n) is 4.64. The van der Waals surface area contributed by atoms with Gasteiger partial charge in [-0.1, -0.05) is 30.4 Å². The molecule has 1 fully saturated rings. The zero-order valence-electron chi connectivity index (χ0n) is 17.3. The normalized spacial score (nSPS) is 27.4. The molecule has 0 radical (unpaired) electrons. The van der Waals surface area contributed by atoms with Crippen LogP contribution < -0.4 is 5.73 Å². The van der Waals surface area contributed by atoms with Crippen LogP contribution in [0.25, 0.3) is 0 Å². The molecule has 0 saturated heterocycles. The number of unbranched alkanes of at least 4 members (excludes halogenated alkanes) is 1. The third-order valence-electron chi connectivity index (χ3n) is 6.26. The molecule has 162 valence electrons. The van der Waals surface area contributed by atoms with Gasteiger partial charge in [-0.15, -0.1) is 0 Å². The molecule has 2 aliphatic rings. The quantitative estimate of drug-likeness (QED) is 0.317. The van der Waals surface area contributed by atoms with Crippen molar-refractivity contribution in [3.63, 3.8) is 0 Å². The lowest BCUT2D eigenvalue weighted by molar-refractivity contribution is 0.153. The number of benzene rings is 1. The summed E-state index contributed by atoms with van der Waals surface area (Å²) >= 11 is 0. The summed E-state index contributed by atoms with van der Waals surface area (Å²) in [5, 5.41) is 0. The Kier molecular flexibility index (Phi) is 7.71. The molecule has 0 heterocycles. The van der Waals surface area contributed by atoms with Gasteiger partial charge in [-0.3, -0.25) is 4.52 Å². The van der Waals surface area contributed by atoms with E-state index in [1.807, 2.05) is 0 Å². The first-order valence-electron chi connectivity index (χ1n) is 10.5. The van der Waals surface area contributed by atoms with E-state index in [9.17, 15) is 4.57 Å². The molecule has 3 rings (SSSR count). The number of phosphoric acid groups is 1. The fourth-order valence-corrected chi connectivity index (χ4v) is 5.07. The molecule has 1 aromatic carbocycles. The number of hydrogen-bond acceptors (Lipinski definition) is 4. The van der Waals surface area contributed by atoms with Gasteiger partial charge < -0.3 is 20.3 Å². The maximum atomic E-state index is 11.0. The van der Waals surface area contributed by atoms with E-state index in [2.05, 4.69) is 34.9 Å². The van der Waals surface area contributed by atoms with Gasteiger partial charge in [0.05, 0.1) is 6.61 Å². The zero-order valence-corrected chi connectivity index (χ0v) is 18.2. The van der Waals surface area contributed by atoms with Crippen LogP contribution in [0.3, 0.4) is 0 Å². The smallest absolute Gasteiger partial charge is 0.385 e. The highest BCUT2D eigenvalue weighted by Crippen LogP contribution is 2.44. The molecule has 29 heavy (non-hydrogen) atoms. The molecule has 4 N–H and O–H groups in total. The predicted octanol–water partition coefficient (Wildman–Crippen LogP) is 3.85. The Morgan fingerprint density at radius 3 is 2.90 bits per heavy atom. The molecular weight excluding hydrogens is 389 g/mol. The van der Waals surface area contributed by atoms with Crippen LogP contribution in [0.4, 0.5) is 0 Å². The number of methoxy groups -OCH3 is 1. The number of allylic oxidation sites excluding steroid dienone is 2. The van der Waals surface area contributed by atoms with Crippen LogP contribution >= 0.6 is 7.82 Å². The summed E-state index contributed by atoms with van der Waals surface area (Å²) in [5.41, 5.74) is 9.85. The molecule has 0 spiro atoms. The van der Waals surface area contributed by atoms with E-state index in [0.29, 0.717) is 24.7 Å². The van der Waals surface area contributed by atoms with Gasteiger partial charge in [0, 0.05) is 19.3 Å². The maximum Gasteiger partial charge on any atom is 0.469 e. The Balaban J connectivity index is 1.56. The summed E-state index contributed by atoms with van der Waals surface area (Å²) in [6, 6.07) is 6.80. The van der Waals surface area contributed by atoms with Gasteiger partial charge >= 0.3 is 7.82 Å². The van der Waals surface area contributed by atoms with Crippen molar-refractivity contribution in [2.24, 2.45) is 11.7 Å². The monoisotopic (exact) mass is 423 g/mol. The first-order chi connectivity index (χ1) is 13.8. The maximum absolute atomic E-state index is 11.0. The van der Waals surface area contributed by atoms with Gasteiger partial charge in [-0.25, -0.2) is 4.57 Å². The minimum absolute atomic E-state index is 0.100. The molecule has 0 aliphatic heterocycles. The van der Waals surface area contributed by atoms with E-state index < -0.39 is 13.4 Å². The molecule has 7 heteroatoms. The lowest BCUT2D eigenvalue weighted by Crippen LogP contribution is -2.41. The van der Waals surface area contributed by atoms with Crippen molar-refractivity contribution in [3.8, 4) is 0 Å². The van der Waals surface area contributed by atoms with E-state index in [1.54, 1.807) is 7.11 Å². The molecule has 0 unspecified atom stereocenters. The lowest BCUT2D eigenvalue weighted by Gasteiger charge is -2.25. The average Bonchev–Trinajstić information content (AvgIpc) is 3.08. The molecule has 0 bridgehead atoms. The van der Waals surface area contributed by atoms with Crippen LogP contribution in [0.2, 0.25) is 0 Å². The number of hydrogen-bond donors (Lipinski definition) is 3. The van der Waals surface area contributed by atoms with Gasteiger partial charge in [0.15, 0.2) is 0 Å². The van der Waals surface area contributed by atoms with E-state index in [1.165, 1.54) is 23.1 Å². The Labute approximate surface area is 173 Å². The molecule has 3 atom stereocenters. The summed E-state index contributed by atoms with van der Waals surface area (Å²) in [6.07, 6.45) is 12.5. The second-order valence-corrected chi connectivity index (χ2v) is 9.90. The Bertz CT molecular complexity index is 762. The summed E-state index contributed by atoms with van der Waals surface area (Å²) < 4.78 is 20.8. The van der Waals surface area contributed by atoms with Crippen molar-refractivity contribution < 1.29 is 23.6 Å². The van der Waals surface area contributed by atoms with Crippen molar-refractivity contribution in [3.05, 3.63) is 47.0 Å². The van der Waals surface area contributed by atoms with Gasteiger partial charge in [0.25, 0.3) is 0 Å².